The number of nitrogens with one attached hydrogen (secondary N) is 1. The van der Waals surface area contributed by atoms with Gasteiger partial charge in [0.2, 0.25) is 5.88 Å². The maximum Gasteiger partial charge on any atom is 0.417 e. The zero-order valence-electron chi connectivity index (χ0n) is 11.4. The molecule has 122 valence electrons. The number of alkyl halides is 3. The Labute approximate surface area is 134 Å². The Kier molecular flexibility index (Phi) is 9.01. The highest BCUT2D eigenvalue weighted by atomic mass is 35.5. The lowest BCUT2D eigenvalue weighted by molar-refractivity contribution is -0.137. The van der Waals surface area contributed by atoms with Gasteiger partial charge in [-0.3, -0.25) is 0 Å². The van der Waals surface area contributed by atoms with Crippen LogP contribution in [-0.2, 0) is 6.18 Å². The third-order valence-corrected chi connectivity index (χ3v) is 3.19. The summed E-state index contributed by atoms with van der Waals surface area (Å²) in [4.78, 5) is 3.67. The van der Waals surface area contributed by atoms with Crippen molar-refractivity contribution in [2.75, 3.05) is 13.2 Å². The molecule has 1 aliphatic heterocycles. The fraction of sp³-hybridized carbons (Fsp3) is 0.615. The number of hydrogen-bond acceptors (Lipinski definition) is 3. The number of aromatic nitrogens is 1. The monoisotopic (exact) mass is 346 g/mol. The molecule has 1 atom stereocenters. The van der Waals surface area contributed by atoms with E-state index in [2.05, 4.69) is 10.3 Å². The van der Waals surface area contributed by atoms with E-state index in [1.807, 2.05) is 0 Å². The first kappa shape index (κ1) is 20.3. The van der Waals surface area contributed by atoms with Gasteiger partial charge in [0.05, 0.1) is 12.2 Å². The van der Waals surface area contributed by atoms with E-state index in [-0.39, 0.29) is 30.7 Å². The van der Waals surface area contributed by atoms with Crippen molar-refractivity contribution in [1.82, 2.24) is 10.3 Å². The van der Waals surface area contributed by atoms with Crippen LogP contribution in [0, 0.1) is 0 Å². The maximum atomic E-state index is 12.3. The van der Waals surface area contributed by atoms with Crippen molar-refractivity contribution >= 4 is 24.8 Å². The molecule has 0 bridgehead atoms. The highest BCUT2D eigenvalue weighted by Crippen LogP contribution is 2.29. The molecule has 21 heavy (non-hydrogen) atoms. The van der Waals surface area contributed by atoms with E-state index in [9.17, 15) is 13.2 Å². The third kappa shape index (κ3) is 6.72. The van der Waals surface area contributed by atoms with Crippen LogP contribution in [0.5, 0.6) is 5.88 Å². The van der Waals surface area contributed by atoms with Crippen molar-refractivity contribution in [2.45, 2.75) is 37.9 Å². The van der Waals surface area contributed by atoms with Gasteiger partial charge in [-0.1, -0.05) is 6.42 Å². The number of piperidine rings is 1. The van der Waals surface area contributed by atoms with E-state index in [1.165, 1.54) is 18.9 Å². The molecule has 0 saturated carbocycles. The summed E-state index contributed by atoms with van der Waals surface area (Å²) in [5.74, 6) is 0.240. The first-order chi connectivity index (χ1) is 9.05. The summed E-state index contributed by atoms with van der Waals surface area (Å²) in [5, 5.41) is 3.39. The Morgan fingerprint density at radius 2 is 2.00 bits per heavy atom. The van der Waals surface area contributed by atoms with E-state index >= 15 is 0 Å². The summed E-state index contributed by atoms with van der Waals surface area (Å²) in [6.07, 6.45) is 0.853. The van der Waals surface area contributed by atoms with Gasteiger partial charge in [0.1, 0.15) is 0 Å². The molecule has 1 unspecified atom stereocenters. The molecule has 1 N–H and O–H groups in total. The lowest BCUT2D eigenvalue weighted by Crippen LogP contribution is -2.35. The fourth-order valence-corrected chi connectivity index (χ4v) is 2.11. The molecule has 0 amide bonds. The summed E-state index contributed by atoms with van der Waals surface area (Å²) in [7, 11) is 0. The second-order valence-corrected chi connectivity index (χ2v) is 4.67. The summed E-state index contributed by atoms with van der Waals surface area (Å²) >= 11 is 0. The highest BCUT2D eigenvalue weighted by molar-refractivity contribution is 5.85. The van der Waals surface area contributed by atoms with Gasteiger partial charge in [-0.2, -0.15) is 13.2 Å². The van der Waals surface area contributed by atoms with Crippen molar-refractivity contribution in [1.29, 1.82) is 0 Å². The van der Waals surface area contributed by atoms with E-state index in [1.54, 1.807) is 0 Å². The molecule has 0 radical (unpaired) electrons. The van der Waals surface area contributed by atoms with Gasteiger partial charge >= 0.3 is 6.18 Å². The minimum absolute atomic E-state index is 0. The predicted octanol–water partition coefficient (Wildman–Crippen LogP) is 3.86. The molecule has 0 spiro atoms. The average Bonchev–Trinajstić information content (AvgIpc) is 2.39. The van der Waals surface area contributed by atoms with Gasteiger partial charge in [-0.15, -0.1) is 24.8 Å². The number of hydrogen-bond donors (Lipinski definition) is 1. The Balaban J connectivity index is 0.00000200. The summed E-state index contributed by atoms with van der Waals surface area (Å²) < 4.78 is 42.3. The molecule has 1 aromatic rings. The molecule has 1 aliphatic rings. The van der Waals surface area contributed by atoms with Crippen LogP contribution in [0.2, 0.25) is 0 Å². The first-order valence-electron chi connectivity index (χ1n) is 6.45. The SMILES string of the molecule is Cl.Cl.FC(F)(F)c1ccc(OCCC2CCCCN2)nc1. The molecule has 8 heteroatoms. The average molecular weight is 347 g/mol. The molecule has 1 fully saturated rings. The van der Waals surface area contributed by atoms with E-state index in [0.29, 0.717) is 12.6 Å². The van der Waals surface area contributed by atoms with Crippen molar-refractivity contribution in [2.24, 2.45) is 0 Å². The van der Waals surface area contributed by atoms with E-state index in [0.717, 1.165) is 31.6 Å². The number of rotatable bonds is 4. The minimum atomic E-state index is -4.35. The van der Waals surface area contributed by atoms with Crippen LogP contribution < -0.4 is 10.1 Å². The molecule has 1 aromatic heterocycles. The van der Waals surface area contributed by atoms with Crippen molar-refractivity contribution in [3.8, 4) is 5.88 Å². The lowest BCUT2D eigenvalue weighted by atomic mass is 10.0. The normalized spacial score (nSPS) is 18.3. The second-order valence-electron chi connectivity index (χ2n) is 4.67. The van der Waals surface area contributed by atoms with E-state index in [4.69, 9.17) is 4.74 Å². The van der Waals surface area contributed by atoms with Gasteiger partial charge in [-0.25, -0.2) is 4.98 Å². The third-order valence-electron chi connectivity index (χ3n) is 3.19. The number of halogens is 5. The van der Waals surface area contributed by atoms with Gasteiger partial charge < -0.3 is 10.1 Å². The fourth-order valence-electron chi connectivity index (χ4n) is 2.11. The molecule has 0 aromatic carbocycles. The Hall–Kier alpha value is -0.720. The van der Waals surface area contributed by atoms with Crippen LogP contribution in [0.3, 0.4) is 0 Å². The predicted molar refractivity (Wildman–Crippen MR) is 79.5 cm³/mol. The van der Waals surface area contributed by atoms with Crippen molar-refractivity contribution in [3.63, 3.8) is 0 Å². The Morgan fingerprint density at radius 3 is 2.52 bits per heavy atom. The van der Waals surface area contributed by atoms with E-state index < -0.39 is 11.7 Å². The van der Waals surface area contributed by atoms with Crippen LogP contribution in [0.25, 0.3) is 0 Å². The van der Waals surface area contributed by atoms with Crippen LogP contribution in [0.1, 0.15) is 31.2 Å². The van der Waals surface area contributed by atoms with Gasteiger partial charge in [0.25, 0.3) is 0 Å². The van der Waals surface area contributed by atoms with Gasteiger partial charge in [0.15, 0.2) is 0 Å². The molecular weight excluding hydrogens is 328 g/mol. The quantitative estimate of drug-likeness (QED) is 0.898. The van der Waals surface area contributed by atoms with Crippen LogP contribution >= 0.6 is 24.8 Å². The zero-order chi connectivity index (χ0) is 13.7. The smallest absolute Gasteiger partial charge is 0.417 e. The van der Waals surface area contributed by atoms with Crippen LogP contribution in [-0.4, -0.2) is 24.2 Å². The molecule has 2 rings (SSSR count). The van der Waals surface area contributed by atoms with Crippen LogP contribution in [0.15, 0.2) is 18.3 Å². The van der Waals surface area contributed by atoms with Crippen molar-refractivity contribution < 1.29 is 17.9 Å². The Morgan fingerprint density at radius 1 is 1.24 bits per heavy atom. The van der Waals surface area contributed by atoms with Crippen LogP contribution in [0.4, 0.5) is 13.2 Å². The largest absolute Gasteiger partial charge is 0.478 e. The minimum Gasteiger partial charge on any atom is -0.478 e. The highest BCUT2D eigenvalue weighted by Gasteiger charge is 2.30. The zero-order valence-corrected chi connectivity index (χ0v) is 13.0. The van der Waals surface area contributed by atoms with Gasteiger partial charge in [-0.05, 0) is 31.9 Å². The summed E-state index contributed by atoms with van der Waals surface area (Å²) in [6, 6.07) is 2.70. The molecule has 3 nitrogen and oxygen atoms in total. The molecule has 0 aliphatic carbocycles. The second kappa shape index (κ2) is 9.33. The summed E-state index contributed by atoms with van der Waals surface area (Å²) in [5.41, 5.74) is -0.756. The number of nitrogens with zero attached hydrogens (tertiary/aromatic N) is 1. The first-order valence-corrected chi connectivity index (χ1v) is 6.45. The number of pyridine rings is 1. The molecule has 1 saturated heterocycles. The standard InChI is InChI=1S/C13H17F3N2O.2ClH/c14-13(15,16)10-4-5-12(18-9-10)19-8-6-11-3-1-2-7-17-11;;/h4-5,9,11,17H,1-3,6-8H2;2*1H. The molecular formula is C13H19Cl2F3N2O. The number of ether oxygens (including phenoxy) is 1. The van der Waals surface area contributed by atoms with Crippen molar-refractivity contribution in [3.05, 3.63) is 23.9 Å². The lowest BCUT2D eigenvalue weighted by Gasteiger charge is -2.23. The topological polar surface area (TPSA) is 34.1 Å². The molecule has 2 heterocycles. The summed E-state index contributed by atoms with van der Waals surface area (Å²) in [6.45, 7) is 1.50. The van der Waals surface area contributed by atoms with Gasteiger partial charge in [0, 0.05) is 18.3 Å². The maximum absolute atomic E-state index is 12.3. The Bertz CT molecular complexity index is 395.